The summed E-state index contributed by atoms with van der Waals surface area (Å²) in [5.74, 6) is 0.226. The van der Waals surface area contributed by atoms with E-state index in [1.165, 1.54) is 23.8 Å². The zero-order valence-electron chi connectivity index (χ0n) is 24.4. The van der Waals surface area contributed by atoms with Crippen LogP contribution in [0, 0.1) is 19.8 Å². The number of hydrogen-bond donors (Lipinski definition) is 3. The van der Waals surface area contributed by atoms with Gasteiger partial charge in [-0.25, -0.2) is 9.97 Å². The second kappa shape index (κ2) is 12.1. The van der Waals surface area contributed by atoms with Gasteiger partial charge in [-0.05, 0) is 85.7 Å². The molecule has 5 rings (SSSR count). The Morgan fingerprint density at radius 1 is 1.05 bits per heavy atom. The van der Waals surface area contributed by atoms with Crippen molar-refractivity contribution in [3.63, 3.8) is 0 Å². The van der Waals surface area contributed by atoms with E-state index in [1.807, 2.05) is 18.2 Å². The quantitative estimate of drug-likeness (QED) is 0.203. The summed E-state index contributed by atoms with van der Waals surface area (Å²) >= 11 is 1.61. The molecule has 1 aliphatic rings. The van der Waals surface area contributed by atoms with Crippen molar-refractivity contribution in [3.05, 3.63) is 64.7 Å². The Hall–Kier alpha value is -3.53. The van der Waals surface area contributed by atoms with Crippen LogP contribution in [0.1, 0.15) is 42.5 Å². The van der Waals surface area contributed by atoms with E-state index in [0.717, 1.165) is 50.7 Å². The number of aromatic nitrogens is 2. The van der Waals surface area contributed by atoms with Crippen LogP contribution in [0.5, 0.6) is 0 Å². The van der Waals surface area contributed by atoms with Crippen LogP contribution in [0.25, 0.3) is 20.8 Å². The summed E-state index contributed by atoms with van der Waals surface area (Å²) in [5, 5.41) is 18.9. The highest BCUT2D eigenvalue weighted by Crippen LogP contribution is 2.39. The van der Waals surface area contributed by atoms with E-state index in [0.29, 0.717) is 12.2 Å². The van der Waals surface area contributed by atoms with E-state index in [2.05, 4.69) is 62.6 Å². The summed E-state index contributed by atoms with van der Waals surface area (Å²) in [5.41, 5.74) is 7.68. The highest BCUT2D eigenvalue weighted by atomic mass is 32.1. The van der Waals surface area contributed by atoms with Crippen molar-refractivity contribution < 1.29 is 19.4 Å². The Bertz CT molecular complexity index is 1510. The van der Waals surface area contributed by atoms with Gasteiger partial charge in [0.15, 0.2) is 0 Å². The molecule has 2 aromatic carbocycles. The number of para-hydroxylation sites is 1. The molecule has 0 bridgehead atoms. The number of methoxy groups -OCH3 is 2. The number of nitrogens with zero attached hydrogens (tertiary/aromatic N) is 2. The molecule has 4 unspecified atom stereocenters. The molecule has 1 saturated carbocycles. The third kappa shape index (κ3) is 5.66. The molecule has 41 heavy (non-hydrogen) atoms. The van der Waals surface area contributed by atoms with Gasteiger partial charge < -0.3 is 25.2 Å². The van der Waals surface area contributed by atoms with Crippen LogP contribution in [0.4, 0.5) is 17.3 Å². The van der Waals surface area contributed by atoms with Crippen molar-refractivity contribution in [2.75, 3.05) is 24.9 Å². The van der Waals surface area contributed by atoms with Crippen molar-refractivity contribution in [2.45, 2.75) is 65.2 Å². The molecule has 1 fully saturated rings. The number of benzene rings is 2. The number of hydrogen-bond acceptors (Lipinski definition) is 9. The van der Waals surface area contributed by atoms with Crippen molar-refractivity contribution in [1.29, 1.82) is 0 Å². The SMILES string of the molecule is CCc1cc(-c2nc3ccccc3s2)c(NC2CC(C(=O)OC)C(O)C2OC)nc1Nc1cc(C)c(CC)c(C)c1. The second-order valence-electron chi connectivity index (χ2n) is 10.6. The van der Waals surface area contributed by atoms with Gasteiger partial charge in [-0.3, -0.25) is 4.79 Å². The smallest absolute Gasteiger partial charge is 0.311 e. The second-order valence-corrected chi connectivity index (χ2v) is 11.6. The number of aliphatic hydroxyl groups is 1. The Morgan fingerprint density at radius 3 is 2.41 bits per heavy atom. The zero-order valence-corrected chi connectivity index (χ0v) is 25.3. The number of carbonyl (C=O) groups is 1. The number of carbonyl (C=O) groups excluding carboxylic acids is 1. The summed E-state index contributed by atoms with van der Waals surface area (Å²) in [6.45, 7) is 8.57. The lowest BCUT2D eigenvalue weighted by Gasteiger charge is -2.24. The van der Waals surface area contributed by atoms with Gasteiger partial charge in [0.25, 0.3) is 0 Å². The number of esters is 1. The van der Waals surface area contributed by atoms with E-state index >= 15 is 0 Å². The van der Waals surface area contributed by atoms with Crippen molar-refractivity contribution in [3.8, 4) is 10.6 Å². The van der Waals surface area contributed by atoms with Crippen molar-refractivity contribution in [1.82, 2.24) is 9.97 Å². The molecule has 8 nitrogen and oxygen atoms in total. The van der Waals surface area contributed by atoms with Gasteiger partial charge in [0.2, 0.25) is 0 Å². The molecule has 2 aromatic heterocycles. The summed E-state index contributed by atoms with van der Waals surface area (Å²) in [4.78, 5) is 22.5. The van der Waals surface area contributed by atoms with Gasteiger partial charge in [0.1, 0.15) is 22.7 Å². The first-order valence-electron chi connectivity index (χ1n) is 14.1. The van der Waals surface area contributed by atoms with E-state index in [4.69, 9.17) is 19.4 Å². The topological polar surface area (TPSA) is 106 Å². The predicted molar refractivity (Wildman–Crippen MR) is 165 cm³/mol. The molecule has 0 aliphatic heterocycles. The minimum absolute atomic E-state index is 0.350. The standard InChI is InChI=1S/C32H38N4O4S/c1-7-19-15-23(31-35-24-11-9-10-12-26(24)41-31)30(34-25-16-22(32(38)40-6)27(37)28(25)39-5)36-29(19)33-20-13-17(3)21(8-2)18(4)14-20/h9-15,22,25,27-28,37H,7-8,16H2,1-6H3,(H2,33,34,36). The first kappa shape index (κ1) is 29.0. The maximum Gasteiger partial charge on any atom is 0.311 e. The minimum atomic E-state index is -0.994. The van der Waals surface area contributed by atoms with Gasteiger partial charge in [-0.15, -0.1) is 11.3 Å². The number of anilines is 3. The van der Waals surface area contributed by atoms with Crippen molar-refractivity contribution >= 4 is 44.8 Å². The number of rotatable bonds is 9. The van der Waals surface area contributed by atoms with Crippen molar-refractivity contribution in [2.24, 2.45) is 5.92 Å². The summed E-state index contributed by atoms with van der Waals surface area (Å²) in [7, 11) is 2.88. The molecule has 2 heterocycles. The molecule has 4 atom stereocenters. The first-order valence-corrected chi connectivity index (χ1v) is 14.9. The molecule has 216 valence electrons. The molecule has 0 spiro atoms. The number of pyridine rings is 1. The van der Waals surface area contributed by atoms with Crippen LogP contribution in [0.2, 0.25) is 0 Å². The molecule has 9 heteroatoms. The predicted octanol–water partition coefficient (Wildman–Crippen LogP) is 6.19. The Balaban J connectivity index is 1.59. The number of ether oxygens (including phenoxy) is 2. The number of fused-ring (bicyclic) bond motifs is 1. The molecular weight excluding hydrogens is 536 g/mol. The van der Waals surface area contributed by atoms with E-state index in [1.54, 1.807) is 18.4 Å². The fourth-order valence-corrected chi connectivity index (χ4v) is 6.96. The molecule has 4 aromatic rings. The maximum atomic E-state index is 12.4. The summed E-state index contributed by atoms with van der Waals surface area (Å²) in [6.07, 6.45) is 0.500. The normalized spacial score (nSPS) is 20.4. The number of aryl methyl sites for hydroxylation is 3. The average molecular weight is 575 g/mol. The lowest BCUT2D eigenvalue weighted by Crippen LogP contribution is -2.38. The van der Waals surface area contributed by atoms with Crippen LogP contribution in [-0.4, -0.2) is 53.5 Å². The summed E-state index contributed by atoms with van der Waals surface area (Å²) in [6, 6.07) is 14.2. The Morgan fingerprint density at radius 2 is 1.78 bits per heavy atom. The van der Waals surface area contributed by atoms with Crippen LogP contribution >= 0.6 is 11.3 Å². The van der Waals surface area contributed by atoms with Crippen LogP contribution in [-0.2, 0) is 27.1 Å². The first-order chi connectivity index (χ1) is 19.8. The van der Waals surface area contributed by atoms with E-state index in [9.17, 15) is 9.90 Å². The largest absolute Gasteiger partial charge is 0.469 e. The van der Waals surface area contributed by atoms with Crippen LogP contribution < -0.4 is 10.6 Å². The van der Waals surface area contributed by atoms with Gasteiger partial charge in [-0.1, -0.05) is 26.0 Å². The Labute approximate surface area is 245 Å². The average Bonchev–Trinajstić information content (AvgIpc) is 3.53. The molecular formula is C32H38N4O4S. The zero-order chi connectivity index (χ0) is 29.3. The number of thiazole rings is 1. The van der Waals surface area contributed by atoms with Crippen LogP contribution in [0.3, 0.4) is 0 Å². The van der Waals surface area contributed by atoms with E-state index in [-0.39, 0.29) is 6.04 Å². The van der Waals surface area contributed by atoms with Gasteiger partial charge in [0.05, 0.1) is 41.0 Å². The molecule has 0 radical (unpaired) electrons. The lowest BCUT2D eigenvalue weighted by molar-refractivity contribution is -0.149. The number of aliphatic hydroxyl groups excluding tert-OH is 1. The monoisotopic (exact) mass is 574 g/mol. The van der Waals surface area contributed by atoms with Gasteiger partial charge in [-0.2, -0.15) is 0 Å². The van der Waals surface area contributed by atoms with E-state index < -0.39 is 24.1 Å². The molecule has 0 saturated heterocycles. The minimum Gasteiger partial charge on any atom is -0.469 e. The Kier molecular flexibility index (Phi) is 8.58. The van der Waals surface area contributed by atoms with Gasteiger partial charge in [0, 0.05) is 12.8 Å². The maximum absolute atomic E-state index is 12.4. The fraction of sp³-hybridized carbons (Fsp3) is 0.406. The number of nitrogens with one attached hydrogen (secondary N) is 2. The molecule has 3 N–H and O–H groups in total. The highest BCUT2D eigenvalue weighted by Gasteiger charge is 2.47. The highest BCUT2D eigenvalue weighted by molar-refractivity contribution is 7.21. The molecule has 0 amide bonds. The summed E-state index contributed by atoms with van der Waals surface area (Å²) < 4.78 is 11.7. The van der Waals surface area contributed by atoms with Gasteiger partial charge >= 0.3 is 5.97 Å². The molecule has 1 aliphatic carbocycles. The third-order valence-corrected chi connectivity index (χ3v) is 9.14. The fourth-order valence-electron chi connectivity index (χ4n) is 5.97. The third-order valence-electron chi connectivity index (χ3n) is 8.07. The van der Waals surface area contributed by atoms with Crippen LogP contribution in [0.15, 0.2) is 42.5 Å². The lowest BCUT2D eigenvalue weighted by atomic mass is 9.99.